The third-order valence-electron chi connectivity index (χ3n) is 28.0. The zero-order valence-corrected chi connectivity index (χ0v) is 72.5. The normalized spacial score (nSPS) is 12.9. The van der Waals surface area contributed by atoms with Crippen molar-refractivity contribution in [3.05, 3.63) is 530 Å². The van der Waals surface area contributed by atoms with E-state index in [0.29, 0.717) is 0 Å². The molecule has 0 saturated heterocycles. The lowest BCUT2D eigenvalue weighted by Crippen LogP contribution is -2.28. The minimum Gasteiger partial charge on any atom is -0.310 e. The summed E-state index contributed by atoms with van der Waals surface area (Å²) in [5.41, 5.74) is 33.6. The molecule has 130 heavy (non-hydrogen) atoms. The fourth-order valence-corrected chi connectivity index (χ4v) is 24.4. The van der Waals surface area contributed by atoms with Crippen LogP contribution in [0.15, 0.2) is 485 Å². The summed E-state index contributed by atoms with van der Waals surface area (Å²) in [6.45, 7) is 0. The molecule has 0 unspecified atom stereocenters. The van der Waals surface area contributed by atoms with E-state index in [1.54, 1.807) is 0 Å². The Balaban J connectivity index is 0.000000137. The summed E-state index contributed by atoms with van der Waals surface area (Å²) in [6.07, 6.45) is 0. The largest absolute Gasteiger partial charge is 0.310 e. The van der Waals surface area contributed by atoms with E-state index >= 15 is 0 Å². The SMILES string of the molecule is c1ccc(C2(c3ccccc3)c3ccccc3-c3c(N(c4ccc(-c5ccc6c(ccc7ccccc76)c5)cc4)c4ccc(-c5ccc6sc7ccccc7c6c5)cc4)cccc32)cc1.c1ccc2c(c1)-c1ccccc1C21c2ccccc2-c2c(N(c3ccc(-c4ccc5c(ccc6ccccc65)c4)cc3)c3ccc(-c4ccc5sc6ccccc6c5c4)cc3)cccc21. The van der Waals surface area contributed by atoms with Crippen LogP contribution in [0.4, 0.5) is 34.1 Å². The van der Waals surface area contributed by atoms with E-state index in [-0.39, 0.29) is 0 Å². The number of benzene rings is 22. The number of hydrogen-bond donors (Lipinski definition) is 0. The van der Waals surface area contributed by atoms with Crippen LogP contribution in [0.1, 0.15) is 44.5 Å². The van der Waals surface area contributed by atoms with Crippen LogP contribution >= 0.6 is 22.7 Å². The lowest BCUT2D eigenvalue weighted by Gasteiger charge is -2.34. The molecular formula is C126H80N2S2. The molecule has 0 N–H and O–H groups in total. The topological polar surface area (TPSA) is 6.48 Å². The Kier molecular flexibility index (Phi) is 17.6. The van der Waals surface area contributed by atoms with Crippen LogP contribution in [0.2, 0.25) is 0 Å². The van der Waals surface area contributed by atoms with Crippen molar-refractivity contribution < 1.29 is 0 Å². The second-order valence-electron chi connectivity index (χ2n) is 34.7. The van der Waals surface area contributed by atoms with Crippen LogP contribution in [-0.4, -0.2) is 0 Å². The van der Waals surface area contributed by atoms with Gasteiger partial charge in [0.05, 0.1) is 22.2 Å². The predicted octanol–water partition coefficient (Wildman–Crippen LogP) is 35.0. The van der Waals surface area contributed by atoms with Gasteiger partial charge in [0, 0.05) is 74.2 Å². The summed E-state index contributed by atoms with van der Waals surface area (Å²) < 4.78 is 5.29. The van der Waals surface area contributed by atoms with E-state index in [0.717, 1.165) is 34.1 Å². The molecule has 1 spiro atoms. The van der Waals surface area contributed by atoms with Crippen LogP contribution in [0.25, 0.3) is 161 Å². The maximum Gasteiger partial charge on any atom is 0.0726 e. The lowest BCUT2D eigenvalue weighted by molar-refractivity contribution is 0.768. The van der Waals surface area contributed by atoms with Crippen LogP contribution in [0, 0.1) is 0 Å². The average Bonchev–Trinajstić information content (AvgIpc) is 1.50. The van der Waals surface area contributed by atoms with Gasteiger partial charge in [-0.05, 0) is 264 Å². The molecule has 3 aliphatic rings. The lowest BCUT2D eigenvalue weighted by atomic mass is 9.68. The van der Waals surface area contributed by atoms with Gasteiger partial charge in [-0.15, -0.1) is 22.7 Å². The molecule has 0 amide bonds. The summed E-state index contributed by atoms with van der Waals surface area (Å²) in [5, 5.41) is 15.4. The standard InChI is InChI=1S/C63H39NS.C63H41NS/c1-2-13-48-42(12-1)24-25-45-38-43(30-36-49(45)48)40-26-32-46(33-27-40)64(47-34-28-41(29-35-47)44-31-37-61-54(39-44)52-16-6-10-23-60(52)65-61)59-22-11-21-58-62(59)53-17-5-9-20-57(53)63(58)55-18-7-3-14-50(55)51-15-4-8-19-56(51)63;1-3-15-48(16-4-1)63(49-17-5-2-6-18-49)57-22-11-9-21-55(57)62-58(63)23-13-24-59(62)64(51-36-30-43(31-37-51)46-33-39-61-56(41-46)54-20-10-12-25-60(54)65-61)50-34-28-42(29-35-50)45-32-38-53-47(40-45)27-26-44-14-7-8-19-52(44)53/h1-39H;1-41H. The summed E-state index contributed by atoms with van der Waals surface area (Å²) in [7, 11) is 0. The molecule has 2 aromatic heterocycles. The van der Waals surface area contributed by atoms with Crippen molar-refractivity contribution in [2.24, 2.45) is 0 Å². The van der Waals surface area contributed by atoms with Gasteiger partial charge < -0.3 is 9.80 Å². The highest BCUT2D eigenvalue weighted by Crippen LogP contribution is 2.66. The Hall–Kier alpha value is -16.1. The maximum absolute atomic E-state index is 2.48. The van der Waals surface area contributed by atoms with E-state index in [1.165, 1.54) is 206 Å². The molecular weight excluding hydrogens is 1610 g/mol. The first-order chi connectivity index (χ1) is 64.4. The quantitative estimate of drug-likeness (QED) is 0.113. The minimum absolute atomic E-state index is 0.430. The molecule has 606 valence electrons. The Bertz CT molecular complexity index is 8160. The molecule has 27 rings (SSSR count). The summed E-state index contributed by atoms with van der Waals surface area (Å²) in [6, 6.07) is 181. The van der Waals surface area contributed by atoms with Gasteiger partial charge in [0.1, 0.15) is 0 Å². The average molecular weight is 1690 g/mol. The molecule has 3 aliphatic carbocycles. The van der Waals surface area contributed by atoms with E-state index in [9.17, 15) is 0 Å². The van der Waals surface area contributed by atoms with Crippen molar-refractivity contribution in [3.8, 4) is 77.9 Å². The summed E-state index contributed by atoms with van der Waals surface area (Å²) in [5.74, 6) is 0. The zero-order chi connectivity index (χ0) is 85.5. The Morgan fingerprint density at radius 1 is 0.162 bits per heavy atom. The van der Waals surface area contributed by atoms with E-state index in [2.05, 4.69) is 495 Å². The molecule has 22 aromatic carbocycles. The molecule has 0 fully saturated rings. The van der Waals surface area contributed by atoms with Crippen LogP contribution in [0.5, 0.6) is 0 Å². The number of rotatable bonds is 12. The highest BCUT2D eigenvalue weighted by molar-refractivity contribution is 7.26. The van der Waals surface area contributed by atoms with Crippen LogP contribution in [0.3, 0.4) is 0 Å². The van der Waals surface area contributed by atoms with Gasteiger partial charge in [0.25, 0.3) is 0 Å². The fourth-order valence-electron chi connectivity index (χ4n) is 22.2. The van der Waals surface area contributed by atoms with Gasteiger partial charge in [0.2, 0.25) is 0 Å². The number of hydrogen-bond acceptors (Lipinski definition) is 4. The van der Waals surface area contributed by atoms with Crippen molar-refractivity contribution >= 4 is 140 Å². The zero-order valence-electron chi connectivity index (χ0n) is 70.9. The van der Waals surface area contributed by atoms with Gasteiger partial charge in [-0.3, -0.25) is 0 Å². The van der Waals surface area contributed by atoms with Gasteiger partial charge in [-0.1, -0.05) is 376 Å². The molecule has 2 heterocycles. The molecule has 0 atom stereocenters. The van der Waals surface area contributed by atoms with Crippen molar-refractivity contribution in [1.82, 2.24) is 0 Å². The summed E-state index contributed by atoms with van der Waals surface area (Å²) >= 11 is 3.73. The third kappa shape index (κ3) is 11.8. The smallest absolute Gasteiger partial charge is 0.0726 e. The van der Waals surface area contributed by atoms with Crippen molar-refractivity contribution in [1.29, 1.82) is 0 Å². The van der Waals surface area contributed by atoms with E-state index in [1.807, 2.05) is 22.7 Å². The maximum atomic E-state index is 2.48. The Labute approximate surface area is 762 Å². The van der Waals surface area contributed by atoms with Gasteiger partial charge in [-0.25, -0.2) is 0 Å². The van der Waals surface area contributed by atoms with Gasteiger partial charge >= 0.3 is 0 Å². The Morgan fingerprint density at radius 3 is 0.862 bits per heavy atom. The first-order valence-corrected chi connectivity index (χ1v) is 46.5. The molecule has 0 saturated carbocycles. The molecule has 0 aliphatic heterocycles. The highest BCUT2D eigenvalue weighted by atomic mass is 32.1. The van der Waals surface area contributed by atoms with E-state index in [4.69, 9.17) is 0 Å². The second kappa shape index (κ2) is 30.3. The fraction of sp³-hybridized carbons (Fsp3) is 0.0159. The predicted molar refractivity (Wildman–Crippen MR) is 553 cm³/mol. The second-order valence-corrected chi connectivity index (χ2v) is 36.9. The van der Waals surface area contributed by atoms with Gasteiger partial charge in [-0.2, -0.15) is 0 Å². The van der Waals surface area contributed by atoms with Crippen molar-refractivity contribution in [2.75, 3.05) is 9.80 Å². The molecule has 24 aromatic rings. The van der Waals surface area contributed by atoms with Crippen LogP contribution < -0.4 is 9.80 Å². The molecule has 4 heteroatoms. The number of nitrogens with zero attached hydrogens (tertiary/aromatic N) is 2. The highest BCUT2D eigenvalue weighted by Gasteiger charge is 2.53. The number of fused-ring (bicyclic) bond motifs is 25. The molecule has 0 radical (unpaired) electrons. The number of thiophene rings is 2. The molecule has 2 nitrogen and oxygen atoms in total. The Morgan fingerprint density at radius 2 is 0.446 bits per heavy atom. The van der Waals surface area contributed by atoms with Crippen molar-refractivity contribution in [2.45, 2.75) is 10.8 Å². The molecule has 0 bridgehead atoms. The van der Waals surface area contributed by atoms with E-state index < -0.39 is 10.8 Å². The first kappa shape index (κ1) is 75.3. The summed E-state index contributed by atoms with van der Waals surface area (Å²) in [4.78, 5) is 4.95. The number of anilines is 6. The first-order valence-electron chi connectivity index (χ1n) is 44.9. The monoisotopic (exact) mass is 1680 g/mol. The minimum atomic E-state index is -0.504. The third-order valence-corrected chi connectivity index (χ3v) is 30.3. The van der Waals surface area contributed by atoms with Crippen molar-refractivity contribution in [3.63, 3.8) is 0 Å². The van der Waals surface area contributed by atoms with Gasteiger partial charge in [0.15, 0.2) is 0 Å². The van der Waals surface area contributed by atoms with Crippen LogP contribution in [-0.2, 0) is 10.8 Å².